The minimum atomic E-state index is -0.431. The smallest absolute Gasteiger partial charge is 0.311 e. The van der Waals surface area contributed by atoms with Crippen LogP contribution in [0.5, 0.6) is 0 Å². The van der Waals surface area contributed by atoms with Gasteiger partial charge in [0.15, 0.2) is 0 Å². The van der Waals surface area contributed by atoms with E-state index in [9.17, 15) is 14.9 Å². The number of carbonyl (C=O) groups is 1. The molecule has 2 aromatic carbocycles. The second-order valence-electron chi connectivity index (χ2n) is 9.48. The number of nitrogens with zero attached hydrogens (tertiary/aromatic N) is 3. The van der Waals surface area contributed by atoms with Crippen molar-refractivity contribution in [3.05, 3.63) is 86.5 Å². The second kappa shape index (κ2) is 10.7. The van der Waals surface area contributed by atoms with Gasteiger partial charge in [-0.3, -0.25) is 19.8 Å². The van der Waals surface area contributed by atoms with Crippen LogP contribution in [0.15, 0.2) is 48.5 Å². The van der Waals surface area contributed by atoms with Crippen LogP contribution in [0.2, 0.25) is 0 Å². The van der Waals surface area contributed by atoms with E-state index in [0.29, 0.717) is 11.4 Å². The van der Waals surface area contributed by atoms with Crippen LogP contribution in [0.3, 0.4) is 0 Å². The molecule has 4 rings (SSSR count). The van der Waals surface area contributed by atoms with Gasteiger partial charge in [-0.2, -0.15) is 0 Å². The number of anilines is 3. The number of benzene rings is 2. The zero-order valence-electron chi connectivity index (χ0n) is 20.9. The topological polar surface area (TPSA) is 126 Å². The number of hydrogen-bond acceptors (Lipinski definition) is 7. The van der Waals surface area contributed by atoms with Crippen molar-refractivity contribution in [1.29, 1.82) is 0 Å². The Balaban J connectivity index is 1.41. The summed E-state index contributed by atoms with van der Waals surface area (Å²) < 4.78 is 0. The zero-order valence-corrected chi connectivity index (χ0v) is 20.9. The molecule has 1 aliphatic rings. The lowest BCUT2D eigenvalue weighted by Gasteiger charge is -2.32. The highest BCUT2D eigenvalue weighted by atomic mass is 16.6. The number of nitrogens with one attached hydrogen (secondary N) is 2. The predicted octanol–water partition coefficient (Wildman–Crippen LogP) is 4.83. The SMILES string of the molecule is Cc1cc(C)c(Nc2ccc([N+](=O)[O-])c(NC3CCN(Cc4ccc(C(N)=O)cc4)CC3)n2)c(C)c1. The quantitative estimate of drug-likeness (QED) is 0.306. The van der Waals surface area contributed by atoms with E-state index in [4.69, 9.17) is 5.73 Å². The summed E-state index contributed by atoms with van der Waals surface area (Å²) in [7, 11) is 0. The first kappa shape index (κ1) is 25.1. The number of piperidine rings is 1. The van der Waals surface area contributed by atoms with Gasteiger partial charge in [-0.25, -0.2) is 4.98 Å². The zero-order chi connectivity index (χ0) is 25.8. The Morgan fingerprint density at radius 3 is 2.31 bits per heavy atom. The number of pyridine rings is 1. The largest absolute Gasteiger partial charge is 0.366 e. The molecule has 0 bridgehead atoms. The minimum Gasteiger partial charge on any atom is -0.366 e. The van der Waals surface area contributed by atoms with Crippen LogP contribution in [0.4, 0.5) is 23.0 Å². The van der Waals surface area contributed by atoms with Gasteiger partial charge in [-0.15, -0.1) is 0 Å². The second-order valence-corrected chi connectivity index (χ2v) is 9.48. The van der Waals surface area contributed by atoms with Gasteiger partial charge in [0.1, 0.15) is 5.82 Å². The van der Waals surface area contributed by atoms with Crippen LogP contribution < -0.4 is 16.4 Å². The van der Waals surface area contributed by atoms with Gasteiger partial charge < -0.3 is 16.4 Å². The molecule has 0 saturated carbocycles. The molecule has 2 heterocycles. The summed E-state index contributed by atoms with van der Waals surface area (Å²) in [5.41, 5.74) is 11.2. The summed E-state index contributed by atoms with van der Waals surface area (Å²) in [5.74, 6) is 0.419. The van der Waals surface area contributed by atoms with E-state index in [-0.39, 0.29) is 17.5 Å². The number of aromatic nitrogens is 1. The van der Waals surface area contributed by atoms with Gasteiger partial charge in [0.2, 0.25) is 11.7 Å². The van der Waals surface area contributed by atoms with Crippen molar-refractivity contribution >= 4 is 28.9 Å². The van der Waals surface area contributed by atoms with Crippen molar-refractivity contribution in [3.8, 4) is 0 Å². The van der Waals surface area contributed by atoms with E-state index in [1.807, 2.05) is 26.0 Å². The van der Waals surface area contributed by atoms with Crippen LogP contribution in [0.1, 0.15) is 45.5 Å². The average molecular weight is 489 g/mol. The van der Waals surface area contributed by atoms with Crippen molar-refractivity contribution in [3.63, 3.8) is 0 Å². The molecule has 4 N–H and O–H groups in total. The molecule has 0 radical (unpaired) electrons. The lowest BCUT2D eigenvalue weighted by Crippen LogP contribution is -2.38. The highest BCUT2D eigenvalue weighted by molar-refractivity contribution is 5.92. The number of nitrogens with two attached hydrogens (primary N) is 1. The van der Waals surface area contributed by atoms with Crippen molar-refractivity contribution in [2.75, 3.05) is 23.7 Å². The number of primary amides is 1. The maximum atomic E-state index is 11.7. The third-order valence-corrected chi connectivity index (χ3v) is 6.57. The van der Waals surface area contributed by atoms with Crippen LogP contribution in [-0.2, 0) is 6.54 Å². The molecule has 0 spiro atoms. The number of amides is 1. The van der Waals surface area contributed by atoms with Gasteiger partial charge >= 0.3 is 5.69 Å². The Morgan fingerprint density at radius 1 is 1.08 bits per heavy atom. The minimum absolute atomic E-state index is 0.0325. The van der Waals surface area contributed by atoms with Crippen molar-refractivity contribution in [2.24, 2.45) is 5.73 Å². The maximum absolute atomic E-state index is 11.7. The van der Waals surface area contributed by atoms with Crippen molar-refractivity contribution < 1.29 is 9.72 Å². The molecular weight excluding hydrogens is 456 g/mol. The molecule has 9 heteroatoms. The normalized spacial score (nSPS) is 14.4. The Morgan fingerprint density at radius 2 is 1.72 bits per heavy atom. The third-order valence-electron chi connectivity index (χ3n) is 6.57. The fourth-order valence-corrected chi connectivity index (χ4v) is 4.74. The van der Waals surface area contributed by atoms with Gasteiger partial charge in [-0.05, 0) is 68.5 Å². The van der Waals surface area contributed by atoms with E-state index in [0.717, 1.165) is 54.9 Å². The summed E-state index contributed by atoms with van der Waals surface area (Å²) in [6, 6.07) is 14.8. The summed E-state index contributed by atoms with van der Waals surface area (Å²) in [6.07, 6.45) is 1.68. The fraction of sp³-hybridized carbons (Fsp3) is 0.333. The summed E-state index contributed by atoms with van der Waals surface area (Å²) in [4.78, 5) is 29.4. The maximum Gasteiger partial charge on any atom is 0.311 e. The molecule has 36 heavy (non-hydrogen) atoms. The van der Waals surface area contributed by atoms with E-state index in [1.54, 1.807) is 18.2 Å². The molecule has 1 aliphatic heterocycles. The molecule has 1 aromatic heterocycles. The van der Waals surface area contributed by atoms with Crippen molar-refractivity contribution in [1.82, 2.24) is 9.88 Å². The molecule has 0 atom stereocenters. The van der Waals surface area contributed by atoms with Crippen molar-refractivity contribution in [2.45, 2.75) is 46.2 Å². The molecule has 1 saturated heterocycles. The van der Waals surface area contributed by atoms with Gasteiger partial charge in [-0.1, -0.05) is 29.8 Å². The predicted molar refractivity (Wildman–Crippen MR) is 142 cm³/mol. The number of carbonyl (C=O) groups excluding carboxylic acids is 1. The van der Waals surface area contributed by atoms with Gasteiger partial charge in [0.25, 0.3) is 0 Å². The first-order chi connectivity index (χ1) is 17.2. The van der Waals surface area contributed by atoms with E-state index >= 15 is 0 Å². The summed E-state index contributed by atoms with van der Waals surface area (Å²) in [6.45, 7) is 8.60. The Labute approximate surface area is 210 Å². The number of likely N-dealkylation sites (tertiary alicyclic amines) is 1. The molecule has 0 aliphatic carbocycles. The number of hydrogen-bond donors (Lipinski definition) is 3. The van der Waals surface area contributed by atoms with Crippen LogP contribution in [0.25, 0.3) is 0 Å². The molecule has 1 fully saturated rings. The standard InChI is InChI=1S/C27H32N6O3/c1-17-14-18(2)25(19(3)15-17)30-24-9-8-23(33(35)36)27(31-24)29-22-10-12-32(13-11-22)16-20-4-6-21(7-5-20)26(28)34/h4-9,14-15,22H,10-13,16H2,1-3H3,(H2,28,34)(H2,29,30,31). The fourth-order valence-electron chi connectivity index (χ4n) is 4.74. The first-order valence-electron chi connectivity index (χ1n) is 12.1. The average Bonchev–Trinajstić information content (AvgIpc) is 2.83. The van der Waals surface area contributed by atoms with Crippen LogP contribution in [0, 0.1) is 30.9 Å². The Hall–Kier alpha value is -3.98. The summed E-state index contributed by atoms with van der Waals surface area (Å²) >= 11 is 0. The lowest BCUT2D eigenvalue weighted by molar-refractivity contribution is -0.384. The van der Waals surface area contributed by atoms with Gasteiger partial charge in [0.05, 0.1) is 4.92 Å². The summed E-state index contributed by atoms with van der Waals surface area (Å²) in [5, 5.41) is 18.3. The molecule has 3 aromatic rings. The van der Waals surface area contributed by atoms with E-state index in [2.05, 4.69) is 39.6 Å². The lowest BCUT2D eigenvalue weighted by atomic mass is 10.0. The van der Waals surface area contributed by atoms with Crippen LogP contribution >= 0.6 is 0 Å². The Kier molecular flexibility index (Phi) is 7.49. The monoisotopic (exact) mass is 488 g/mol. The molecule has 0 unspecified atom stereocenters. The third kappa shape index (κ3) is 5.98. The van der Waals surface area contributed by atoms with E-state index in [1.165, 1.54) is 11.6 Å². The highest BCUT2D eigenvalue weighted by Gasteiger charge is 2.24. The van der Waals surface area contributed by atoms with Gasteiger partial charge in [0, 0.05) is 43.0 Å². The Bertz CT molecular complexity index is 1240. The van der Waals surface area contributed by atoms with Crippen LogP contribution in [-0.4, -0.2) is 39.8 Å². The first-order valence-corrected chi connectivity index (χ1v) is 12.1. The van der Waals surface area contributed by atoms with E-state index < -0.39 is 10.8 Å². The molecule has 188 valence electrons. The molecule has 9 nitrogen and oxygen atoms in total. The number of rotatable bonds is 8. The number of aryl methyl sites for hydroxylation is 3. The highest BCUT2D eigenvalue weighted by Crippen LogP contribution is 2.30. The molecule has 1 amide bonds. The number of nitro groups is 1. The molecular formula is C27H32N6O3.